The van der Waals surface area contributed by atoms with Crippen LogP contribution in [0.1, 0.15) is 5.56 Å². The van der Waals surface area contributed by atoms with Crippen molar-refractivity contribution in [2.45, 2.75) is 6.18 Å². The number of benzene rings is 2. The van der Waals surface area contributed by atoms with E-state index in [9.17, 15) is 13.2 Å². The van der Waals surface area contributed by atoms with Crippen LogP contribution in [0.25, 0.3) is 22.0 Å². The number of nitrogens with zero attached hydrogens (tertiary/aromatic N) is 3. The van der Waals surface area contributed by atoms with Gasteiger partial charge in [0.1, 0.15) is 0 Å². The molecule has 0 saturated heterocycles. The zero-order valence-electron chi connectivity index (χ0n) is 14.2. The molecule has 0 bridgehead atoms. The molecule has 8 heteroatoms. The molecule has 28 heavy (non-hydrogen) atoms. The molecule has 0 aliphatic rings. The van der Waals surface area contributed by atoms with Crippen molar-refractivity contribution in [2.75, 3.05) is 0 Å². The first-order valence-electron chi connectivity index (χ1n) is 8.23. The van der Waals surface area contributed by atoms with Gasteiger partial charge in [-0.25, -0.2) is 0 Å². The summed E-state index contributed by atoms with van der Waals surface area (Å²) in [6.45, 7) is 0. The van der Waals surface area contributed by atoms with Crippen molar-refractivity contribution >= 4 is 47.1 Å². The summed E-state index contributed by atoms with van der Waals surface area (Å²) in [5, 5.41) is 9.39. The fraction of sp³-hybridized carbons (Fsp3) is 0.0500. The van der Waals surface area contributed by atoms with Gasteiger partial charge in [0.25, 0.3) is 0 Å². The molecule has 3 nitrogen and oxygen atoms in total. The Hall–Kier alpha value is -2.43. The maximum absolute atomic E-state index is 12.8. The second-order valence-electron chi connectivity index (χ2n) is 6.05. The van der Waals surface area contributed by atoms with Gasteiger partial charge >= 0.3 is 170 Å². The molecule has 1 unspecified atom stereocenters. The number of halogens is 4. The predicted octanol–water partition coefficient (Wildman–Crippen LogP) is 3.75. The second kappa shape index (κ2) is 7.53. The number of hydrogen-bond donors (Lipinski definition) is 0. The Labute approximate surface area is 170 Å². The standard InChI is InChI=1S/C20H12AsClF3N3/c22-19-16(12-3-6-14(7-4-12)20(23,24)25)11-18(27-28-19)21-15-8-5-13-2-1-9-26-17(13)10-15/h1-11,21H. The van der Waals surface area contributed by atoms with Gasteiger partial charge in [-0.3, -0.25) is 0 Å². The minimum atomic E-state index is -4.37. The van der Waals surface area contributed by atoms with Crippen LogP contribution in [-0.4, -0.2) is 30.9 Å². The SMILES string of the molecule is FC(F)(F)c1ccc(-c2cc([AsH]c3ccc4cccnc4c3)nnc2Cl)cc1. The third kappa shape index (κ3) is 4.03. The van der Waals surface area contributed by atoms with Crippen molar-refractivity contribution in [3.8, 4) is 11.1 Å². The van der Waals surface area contributed by atoms with Crippen LogP contribution in [0.15, 0.2) is 66.9 Å². The van der Waals surface area contributed by atoms with E-state index in [1.165, 1.54) is 12.1 Å². The van der Waals surface area contributed by atoms with Gasteiger partial charge in [-0.1, -0.05) is 0 Å². The minimum absolute atomic E-state index is 0.162. The number of aromatic nitrogens is 3. The van der Waals surface area contributed by atoms with Crippen molar-refractivity contribution in [3.63, 3.8) is 0 Å². The number of fused-ring (bicyclic) bond motifs is 1. The van der Waals surface area contributed by atoms with Crippen LogP contribution in [0.4, 0.5) is 13.2 Å². The molecule has 4 rings (SSSR count). The Kier molecular flexibility index (Phi) is 5.09. The molecule has 4 aromatic rings. The fourth-order valence-electron chi connectivity index (χ4n) is 2.77. The van der Waals surface area contributed by atoms with Crippen LogP contribution in [0.2, 0.25) is 5.15 Å². The molecule has 0 radical (unpaired) electrons. The zero-order valence-corrected chi connectivity index (χ0v) is 17.1. The molecule has 0 aliphatic carbocycles. The van der Waals surface area contributed by atoms with E-state index in [0.717, 1.165) is 31.9 Å². The third-order valence-corrected chi connectivity index (χ3v) is 6.74. The van der Waals surface area contributed by atoms with E-state index in [1.807, 2.05) is 30.3 Å². The molecule has 2 aromatic carbocycles. The Morgan fingerprint density at radius 2 is 1.68 bits per heavy atom. The molecular formula is C20H12AsClF3N3. The van der Waals surface area contributed by atoms with Crippen LogP contribution in [-0.2, 0) is 6.18 Å². The quantitative estimate of drug-likeness (QED) is 0.436. The number of alkyl halides is 3. The summed E-state index contributed by atoms with van der Waals surface area (Å²) in [6.07, 6.45) is -2.63. The summed E-state index contributed by atoms with van der Waals surface area (Å²) in [5.41, 5.74) is 1.35. The molecule has 2 aromatic heterocycles. The van der Waals surface area contributed by atoms with Gasteiger partial charge in [0.2, 0.25) is 0 Å². The first-order chi connectivity index (χ1) is 13.4. The Morgan fingerprint density at radius 1 is 0.893 bits per heavy atom. The Morgan fingerprint density at radius 3 is 2.43 bits per heavy atom. The van der Waals surface area contributed by atoms with E-state index in [0.29, 0.717) is 11.1 Å². The fourth-order valence-corrected chi connectivity index (χ4v) is 5.05. The van der Waals surface area contributed by atoms with Crippen LogP contribution in [0.5, 0.6) is 0 Å². The van der Waals surface area contributed by atoms with Crippen LogP contribution < -0.4 is 8.83 Å². The van der Waals surface area contributed by atoms with Crippen molar-refractivity contribution in [3.05, 3.63) is 77.6 Å². The van der Waals surface area contributed by atoms with Crippen LogP contribution in [0.3, 0.4) is 0 Å². The summed E-state index contributed by atoms with van der Waals surface area (Å²) >= 11 is 5.35. The summed E-state index contributed by atoms with van der Waals surface area (Å²) < 4.78 is 40.2. The molecule has 0 N–H and O–H groups in total. The van der Waals surface area contributed by atoms with E-state index in [-0.39, 0.29) is 5.15 Å². The number of hydrogen-bond acceptors (Lipinski definition) is 3. The molecule has 0 fully saturated rings. The van der Waals surface area contributed by atoms with Crippen molar-refractivity contribution < 1.29 is 13.2 Å². The first kappa shape index (κ1) is 18.9. The van der Waals surface area contributed by atoms with Crippen molar-refractivity contribution in [2.24, 2.45) is 0 Å². The Bertz CT molecular complexity index is 1150. The second-order valence-corrected chi connectivity index (χ2v) is 9.21. The zero-order chi connectivity index (χ0) is 19.7. The van der Waals surface area contributed by atoms with Gasteiger partial charge < -0.3 is 0 Å². The van der Waals surface area contributed by atoms with E-state index in [2.05, 4.69) is 15.2 Å². The van der Waals surface area contributed by atoms with Gasteiger partial charge in [0.15, 0.2) is 0 Å². The van der Waals surface area contributed by atoms with E-state index >= 15 is 0 Å². The number of rotatable bonds is 3. The Balaban J connectivity index is 1.64. The average molecular weight is 462 g/mol. The summed E-state index contributed by atoms with van der Waals surface area (Å²) in [7, 11) is 0. The monoisotopic (exact) mass is 461 g/mol. The first-order valence-corrected chi connectivity index (χ1v) is 10.7. The molecule has 2 heterocycles. The normalized spacial score (nSPS) is 12.1. The van der Waals surface area contributed by atoms with Crippen LogP contribution >= 0.6 is 11.6 Å². The maximum atomic E-state index is 12.8. The van der Waals surface area contributed by atoms with Gasteiger partial charge in [-0.15, -0.1) is 0 Å². The summed E-state index contributed by atoms with van der Waals surface area (Å²) in [6, 6.07) is 16.7. The van der Waals surface area contributed by atoms with Crippen LogP contribution in [0, 0.1) is 0 Å². The van der Waals surface area contributed by atoms with E-state index < -0.39 is 27.5 Å². The average Bonchev–Trinajstić information content (AvgIpc) is 2.69. The summed E-state index contributed by atoms with van der Waals surface area (Å²) in [4.78, 5) is 4.36. The molecule has 0 saturated carbocycles. The molecule has 140 valence electrons. The van der Waals surface area contributed by atoms with Crippen molar-refractivity contribution in [1.82, 2.24) is 15.2 Å². The van der Waals surface area contributed by atoms with E-state index in [4.69, 9.17) is 11.6 Å². The van der Waals surface area contributed by atoms with E-state index in [1.54, 1.807) is 12.3 Å². The molecule has 0 aliphatic heterocycles. The van der Waals surface area contributed by atoms with Gasteiger partial charge in [-0.05, 0) is 0 Å². The van der Waals surface area contributed by atoms with Gasteiger partial charge in [-0.2, -0.15) is 0 Å². The predicted molar refractivity (Wildman–Crippen MR) is 106 cm³/mol. The topological polar surface area (TPSA) is 38.7 Å². The third-order valence-electron chi connectivity index (χ3n) is 4.15. The molecule has 0 spiro atoms. The molecule has 0 amide bonds. The summed E-state index contributed by atoms with van der Waals surface area (Å²) in [5.74, 6) is 0. The molecular weight excluding hydrogens is 450 g/mol. The molecule has 1 atom stereocenters. The van der Waals surface area contributed by atoms with Gasteiger partial charge in [0, 0.05) is 0 Å². The number of pyridine rings is 1. The van der Waals surface area contributed by atoms with Crippen molar-refractivity contribution in [1.29, 1.82) is 0 Å². The van der Waals surface area contributed by atoms with Gasteiger partial charge in [0.05, 0.1) is 0 Å².